The molecule has 0 radical (unpaired) electrons. The Hall–Kier alpha value is -0.350. The summed E-state index contributed by atoms with van der Waals surface area (Å²) in [5.74, 6) is 0.766. The van der Waals surface area contributed by atoms with Crippen molar-refractivity contribution in [2.24, 2.45) is 0 Å². The molecule has 0 aliphatic heterocycles. The lowest BCUT2D eigenvalue weighted by Crippen LogP contribution is -2.17. The summed E-state index contributed by atoms with van der Waals surface area (Å²) in [4.78, 5) is 6.25. The van der Waals surface area contributed by atoms with Gasteiger partial charge in [0.05, 0.1) is 0 Å². The van der Waals surface area contributed by atoms with Gasteiger partial charge in [-0.25, -0.2) is 4.98 Å². The van der Waals surface area contributed by atoms with Crippen LogP contribution in [0.2, 0.25) is 0 Å². The Morgan fingerprint density at radius 3 is 2.92 bits per heavy atom. The van der Waals surface area contributed by atoms with Crippen molar-refractivity contribution in [3.63, 3.8) is 0 Å². The van der Waals surface area contributed by atoms with Gasteiger partial charge in [-0.05, 0) is 12.8 Å². The Labute approximate surface area is 87.9 Å². The predicted molar refractivity (Wildman–Crippen MR) is 57.8 cm³/mol. The number of anilines is 1. The van der Waals surface area contributed by atoms with E-state index in [1.807, 2.05) is 7.05 Å². The molecule has 1 rings (SSSR count). The van der Waals surface area contributed by atoms with E-state index < -0.39 is 0 Å². The molecule has 3 nitrogen and oxygen atoms in total. The van der Waals surface area contributed by atoms with E-state index >= 15 is 0 Å². The molecule has 0 saturated heterocycles. The third kappa shape index (κ3) is 3.91. The summed E-state index contributed by atoms with van der Waals surface area (Å²) in [7, 11) is 2.04. The normalized spacial score (nSPS) is 10.3. The van der Waals surface area contributed by atoms with Crippen molar-refractivity contribution in [3.05, 3.63) is 6.33 Å². The highest BCUT2D eigenvalue weighted by Gasteiger charge is 2.02. The Bertz CT molecular complexity index is 215. The molecule has 0 amide bonds. The van der Waals surface area contributed by atoms with Crippen molar-refractivity contribution in [1.82, 2.24) is 9.36 Å². The first-order valence-corrected chi connectivity index (χ1v) is 5.69. The summed E-state index contributed by atoms with van der Waals surface area (Å²) < 4.78 is 3.96. The predicted octanol–water partition coefficient (Wildman–Crippen LogP) is 2.38. The lowest BCUT2D eigenvalue weighted by molar-refractivity contribution is 0.707. The van der Waals surface area contributed by atoms with Crippen LogP contribution in [-0.2, 0) is 0 Å². The monoisotopic (exact) mass is 219 g/mol. The number of nitrogens with zero attached hydrogens (tertiary/aromatic N) is 3. The second-order valence-corrected chi connectivity index (χ2v) is 4.03. The number of unbranched alkanes of at least 4 members (excludes halogenated alkanes) is 2. The molecule has 0 aliphatic rings. The van der Waals surface area contributed by atoms with Crippen molar-refractivity contribution in [3.8, 4) is 0 Å². The lowest BCUT2D eigenvalue weighted by Gasteiger charge is -2.14. The van der Waals surface area contributed by atoms with E-state index in [0.29, 0.717) is 0 Å². The highest BCUT2D eigenvalue weighted by Crippen LogP contribution is 2.13. The fourth-order valence-electron chi connectivity index (χ4n) is 1.05. The van der Waals surface area contributed by atoms with Crippen LogP contribution in [0.1, 0.15) is 19.3 Å². The Morgan fingerprint density at radius 1 is 1.46 bits per heavy atom. The molecule has 74 valence electrons. The van der Waals surface area contributed by atoms with E-state index in [1.54, 1.807) is 6.33 Å². The van der Waals surface area contributed by atoms with Crippen molar-refractivity contribution >= 4 is 28.3 Å². The maximum absolute atomic E-state index is 5.58. The van der Waals surface area contributed by atoms with Crippen LogP contribution in [0.3, 0.4) is 0 Å². The van der Waals surface area contributed by atoms with Gasteiger partial charge in [-0.15, -0.1) is 11.6 Å². The molecular weight excluding hydrogens is 206 g/mol. The van der Waals surface area contributed by atoms with Crippen LogP contribution < -0.4 is 4.90 Å². The van der Waals surface area contributed by atoms with E-state index in [0.717, 1.165) is 24.0 Å². The number of rotatable bonds is 6. The number of aromatic nitrogens is 2. The molecule has 1 aromatic heterocycles. The zero-order valence-electron chi connectivity index (χ0n) is 7.74. The van der Waals surface area contributed by atoms with Gasteiger partial charge in [0.25, 0.3) is 0 Å². The summed E-state index contributed by atoms with van der Waals surface area (Å²) >= 11 is 7.02. The van der Waals surface area contributed by atoms with Gasteiger partial charge in [0, 0.05) is 31.0 Å². The van der Waals surface area contributed by atoms with Crippen LogP contribution >= 0.6 is 23.1 Å². The van der Waals surface area contributed by atoms with Crippen molar-refractivity contribution in [2.45, 2.75) is 19.3 Å². The number of hydrogen-bond acceptors (Lipinski definition) is 4. The van der Waals surface area contributed by atoms with E-state index in [1.165, 1.54) is 24.4 Å². The highest BCUT2D eigenvalue weighted by atomic mass is 35.5. The fraction of sp³-hybridized carbons (Fsp3) is 0.750. The zero-order chi connectivity index (χ0) is 9.52. The van der Waals surface area contributed by atoms with Gasteiger partial charge in [0.15, 0.2) is 0 Å². The molecule has 0 aromatic carbocycles. The number of halogens is 1. The molecule has 0 aliphatic carbocycles. The molecule has 0 unspecified atom stereocenters. The van der Waals surface area contributed by atoms with Gasteiger partial charge in [0.2, 0.25) is 5.13 Å². The second kappa shape index (κ2) is 6.16. The quantitative estimate of drug-likeness (QED) is 0.544. The lowest BCUT2D eigenvalue weighted by atomic mass is 10.2. The zero-order valence-corrected chi connectivity index (χ0v) is 9.31. The third-order valence-electron chi connectivity index (χ3n) is 1.80. The topological polar surface area (TPSA) is 29.0 Å². The number of hydrogen-bond donors (Lipinski definition) is 0. The van der Waals surface area contributed by atoms with Gasteiger partial charge in [-0.1, -0.05) is 6.42 Å². The fourth-order valence-corrected chi connectivity index (χ4v) is 1.75. The maximum Gasteiger partial charge on any atom is 0.204 e. The largest absolute Gasteiger partial charge is 0.350 e. The van der Waals surface area contributed by atoms with Crippen LogP contribution in [-0.4, -0.2) is 28.8 Å². The van der Waals surface area contributed by atoms with E-state index in [-0.39, 0.29) is 0 Å². The summed E-state index contributed by atoms with van der Waals surface area (Å²) in [6.45, 7) is 1.03. The molecule has 0 saturated carbocycles. The van der Waals surface area contributed by atoms with Crippen molar-refractivity contribution < 1.29 is 0 Å². The smallest absolute Gasteiger partial charge is 0.204 e. The van der Waals surface area contributed by atoms with E-state index in [2.05, 4.69) is 14.3 Å². The first kappa shape index (κ1) is 10.7. The molecule has 0 atom stereocenters. The summed E-state index contributed by atoms with van der Waals surface area (Å²) in [6.07, 6.45) is 5.05. The van der Waals surface area contributed by atoms with Gasteiger partial charge >= 0.3 is 0 Å². The van der Waals surface area contributed by atoms with Crippen LogP contribution in [0, 0.1) is 0 Å². The summed E-state index contributed by atoms with van der Waals surface area (Å²) in [5.41, 5.74) is 0. The Kier molecular flexibility index (Phi) is 5.08. The number of alkyl halides is 1. The standard InChI is InChI=1S/C8H14ClN3S/c1-12(6-4-2-3-5-9)8-10-7-11-13-8/h7H,2-6H2,1H3. The minimum Gasteiger partial charge on any atom is -0.350 e. The Morgan fingerprint density at radius 2 is 2.31 bits per heavy atom. The van der Waals surface area contributed by atoms with E-state index in [9.17, 15) is 0 Å². The van der Waals surface area contributed by atoms with E-state index in [4.69, 9.17) is 11.6 Å². The first-order chi connectivity index (χ1) is 6.34. The van der Waals surface area contributed by atoms with Crippen LogP contribution in [0.5, 0.6) is 0 Å². The summed E-state index contributed by atoms with van der Waals surface area (Å²) in [5, 5.41) is 0.992. The molecule has 0 fully saturated rings. The van der Waals surface area contributed by atoms with Gasteiger partial charge in [0.1, 0.15) is 6.33 Å². The molecule has 0 N–H and O–H groups in total. The SMILES string of the molecule is CN(CCCCCCl)c1ncns1. The minimum absolute atomic E-state index is 0.766. The molecular formula is C8H14ClN3S. The van der Waals surface area contributed by atoms with Gasteiger partial charge in [-0.2, -0.15) is 4.37 Å². The second-order valence-electron chi connectivity index (χ2n) is 2.90. The maximum atomic E-state index is 5.58. The van der Waals surface area contributed by atoms with Crippen LogP contribution in [0.25, 0.3) is 0 Å². The molecule has 1 aromatic rings. The van der Waals surface area contributed by atoms with Crippen molar-refractivity contribution in [1.29, 1.82) is 0 Å². The highest BCUT2D eigenvalue weighted by molar-refractivity contribution is 7.09. The minimum atomic E-state index is 0.766. The Balaban J connectivity index is 2.15. The molecule has 13 heavy (non-hydrogen) atoms. The van der Waals surface area contributed by atoms with Crippen LogP contribution in [0.4, 0.5) is 5.13 Å². The van der Waals surface area contributed by atoms with Gasteiger partial charge < -0.3 is 4.90 Å². The summed E-state index contributed by atoms with van der Waals surface area (Å²) in [6, 6.07) is 0. The van der Waals surface area contributed by atoms with Crippen molar-refractivity contribution in [2.75, 3.05) is 24.4 Å². The third-order valence-corrected chi connectivity index (χ3v) is 2.85. The molecule has 0 bridgehead atoms. The first-order valence-electron chi connectivity index (χ1n) is 4.38. The molecule has 5 heteroatoms. The molecule has 0 spiro atoms. The average Bonchev–Trinajstić information content (AvgIpc) is 2.65. The molecule has 1 heterocycles. The van der Waals surface area contributed by atoms with Gasteiger partial charge in [-0.3, -0.25) is 0 Å². The van der Waals surface area contributed by atoms with Crippen LogP contribution in [0.15, 0.2) is 6.33 Å². The average molecular weight is 220 g/mol.